The number of aliphatic hydroxyl groups excluding tert-OH is 2. The molecule has 1 fully saturated rings. The maximum atomic E-state index is 13.8. The van der Waals surface area contributed by atoms with Crippen LogP contribution in [0.1, 0.15) is 82.3 Å². The first kappa shape index (κ1) is 40.8. The molecule has 2 aliphatic carbocycles. The van der Waals surface area contributed by atoms with Crippen molar-refractivity contribution >= 4 is 17.9 Å². The van der Waals surface area contributed by atoms with E-state index in [4.69, 9.17) is 23.8 Å². The van der Waals surface area contributed by atoms with Gasteiger partial charge in [-0.05, 0) is 80.2 Å². The fourth-order valence-electron chi connectivity index (χ4n) is 8.56. The van der Waals surface area contributed by atoms with Crippen LogP contribution in [0, 0.1) is 17.8 Å². The molecular weight excluding hydrogens is 690 g/mol. The first-order valence-electron chi connectivity index (χ1n) is 19.4. The fourth-order valence-corrected chi connectivity index (χ4v) is 8.56. The van der Waals surface area contributed by atoms with Gasteiger partial charge in [0.15, 0.2) is 0 Å². The van der Waals surface area contributed by atoms with Crippen molar-refractivity contribution in [1.82, 2.24) is 10.2 Å². The highest BCUT2D eigenvalue weighted by Gasteiger charge is 2.65. The highest BCUT2D eigenvalue weighted by Crippen LogP contribution is 2.62. The van der Waals surface area contributed by atoms with Gasteiger partial charge in [0.2, 0.25) is 5.79 Å². The van der Waals surface area contributed by atoms with Crippen LogP contribution < -0.4 is 14.8 Å². The Bertz CT molecular complexity index is 1620. The molecule has 0 aromatic heterocycles. The Morgan fingerprint density at radius 2 is 1.83 bits per heavy atom. The van der Waals surface area contributed by atoms with E-state index in [0.29, 0.717) is 49.6 Å². The van der Waals surface area contributed by atoms with Crippen LogP contribution in [0.2, 0.25) is 0 Å². The summed E-state index contributed by atoms with van der Waals surface area (Å²) in [5.41, 5.74) is 3.42. The molecule has 1 saturated carbocycles. The molecule has 2 amide bonds. The second kappa shape index (κ2) is 19.8. The summed E-state index contributed by atoms with van der Waals surface area (Å²) in [6.45, 7) is 9.00. The SMILES string of the molecule is C=CCO[C@@]12Oc3ccc(OC(=O)NCc4ccccc4)cc3[C@H]3[C@H](CCCCO)[C@@H](CCCCO)C=C(C(=NOC)C[C@@H]1N(CCC)C(=O)OCC)[C@H]32. The molecule has 3 aliphatic rings. The van der Waals surface area contributed by atoms with Crippen LogP contribution >= 0.6 is 0 Å². The lowest BCUT2D eigenvalue weighted by molar-refractivity contribution is -0.255. The molecular formula is C42H57N3O9. The Labute approximate surface area is 319 Å². The van der Waals surface area contributed by atoms with Gasteiger partial charge in [-0.1, -0.05) is 67.4 Å². The van der Waals surface area contributed by atoms with Crippen molar-refractivity contribution in [1.29, 1.82) is 0 Å². The van der Waals surface area contributed by atoms with Crippen LogP contribution in [0.5, 0.6) is 11.5 Å². The number of hydrogen-bond acceptors (Lipinski definition) is 10. The lowest BCUT2D eigenvalue weighted by Gasteiger charge is -2.59. The summed E-state index contributed by atoms with van der Waals surface area (Å²) in [6.07, 6.45) is 8.39. The Morgan fingerprint density at radius 3 is 2.52 bits per heavy atom. The van der Waals surface area contributed by atoms with Crippen molar-refractivity contribution in [3.05, 3.63) is 84.0 Å². The first-order chi connectivity index (χ1) is 26.3. The number of allylic oxidation sites excluding steroid dienone is 1. The van der Waals surface area contributed by atoms with Gasteiger partial charge in [0.1, 0.15) is 24.7 Å². The third-order valence-electron chi connectivity index (χ3n) is 10.7. The predicted molar refractivity (Wildman–Crippen MR) is 205 cm³/mol. The van der Waals surface area contributed by atoms with E-state index in [1.807, 2.05) is 49.4 Å². The molecule has 2 aromatic carbocycles. The van der Waals surface area contributed by atoms with E-state index in [9.17, 15) is 19.8 Å². The van der Waals surface area contributed by atoms with E-state index in [2.05, 4.69) is 23.1 Å². The number of ether oxygens (including phenoxy) is 4. The molecule has 294 valence electrons. The van der Waals surface area contributed by atoms with Crippen molar-refractivity contribution in [2.75, 3.05) is 40.1 Å². The highest BCUT2D eigenvalue weighted by atomic mass is 16.7. The fraction of sp³-hybridized carbons (Fsp3) is 0.548. The van der Waals surface area contributed by atoms with Crippen LogP contribution in [0.3, 0.4) is 0 Å². The molecule has 3 N–H and O–H groups in total. The average Bonchev–Trinajstić information content (AvgIpc) is 3.18. The highest BCUT2D eigenvalue weighted by molar-refractivity contribution is 6.03. The molecule has 12 nitrogen and oxygen atoms in total. The zero-order chi connectivity index (χ0) is 38.5. The third-order valence-corrected chi connectivity index (χ3v) is 10.7. The zero-order valence-electron chi connectivity index (χ0n) is 31.9. The normalized spacial score (nSPS) is 24.6. The average molecular weight is 748 g/mol. The minimum absolute atomic E-state index is 0.0327. The van der Waals surface area contributed by atoms with Gasteiger partial charge < -0.3 is 39.3 Å². The van der Waals surface area contributed by atoms with Gasteiger partial charge >= 0.3 is 12.2 Å². The van der Waals surface area contributed by atoms with Gasteiger partial charge in [0.05, 0.1) is 24.8 Å². The Kier molecular flexibility index (Phi) is 15.0. The lowest BCUT2D eigenvalue weighted by Crippen LogP contribution is -2.70. The van der Waals surface area contributed by atoms with E-state index in [1.54, 1.807) is 24.0 Å². The molecule has 1 heterocycles. The zero-order valence-corrected chi connectivity index (χ0v) is 31.9. The molecule has 6 atom stereocenters. The molecule has 54 heavy (non-hydrogen) atoms. The summed E-state index contributed by atoms with van der Waals surface area (Å²) in [7, 11) is 1.52. The summed E-state index contributed by atoms with van der Waals surface area (Å²) in [6, 6.07) is 14.4. The summed E-state index contributed by atoms with van der Waals surface area (Å²) >= 11 is 0. The number of nitrogens with one attached hydrogen (secondary N) is 1. The number of nitrogens with zero attached hydrogens (tertiary/aromatic N) is 2. The largest absolute Gasteiger partial charge is 0.459 e. The maximum absolute atomic E-state index is 13.8. The predicted octanol–water partition coefficient (Wildman–Crippen LogP) is 7.11. The summed E-state index contributed by atoms with van der Waals surface area (Å²) in [5.74, 6) is -1.06. The Hall–Kier alpha value is -4.39. The topological polar surface area (TPSA) is 148 Å². The number of carbonyl (C=O) groups excluding carboxylic acids is 2. The third kappa shape index (κ3) is 9.10. The molecule has 0 saturated heterocycles. The van der Waals surface area contributed by atoms with E-state index in [1.165, 1.54) is 7.11 Å². The quantitative estimate of drug-likeness (QED) is 0.0777. The number of benzene rings is 2. The van der Waals surface area contributed by atoms with Gasteiger partial charge in [0, 0.05) is 44.2 Å². The molecule has 0 spiro atoms. The van der Waals surface area contributed by atoms with E-state index < -0.39 is 29.9 Å². The van der Waals surface area contributed by atoms with Gasteiger partial charge in [-0.15, -0.1) is 6.58 Å². The van der Waals surface area contributed by atoms with Crippen LogP contribution in [0.25, 0.3) is 0 Å². The molecule has 2 aromatic rings. The summed E-state index contributed by atoms with van der Waals surface area (Å²) in [4.78, 5) is 34.1. The maximum Gasteiger partial charge on any atom is 0.412 e. The molecule has 12 heteroatoms. The van der Waals surface area contributed by atoms with Crippen molar-refractivity contribution in [3.63, 3.8) is 0 Å². The number of amides is 2. The lowest BCUT2D eigenvalue weighted by atomic mass is 9.55. The number of hydrogen-bond donors (Lipinski definition) is 3. The molecule has 0 bridgehead atoms. The van der Waals surface area contributed by atoms with Crippen molar-refractivity contribution < 1.29 is 43.6 Å². The van der Waals surface area contributed by atoms with Crippen LogP contribution in [-0.4, -0.2) is 84.9 Å². The summed E-state index contributed by atoms with van der Waals surface area (Å²) in [5, 5.41) is 27.0. The van der Waals surface area contributed by atoms with Crippen molar-refractivity contribution in [2.24, 2.45) is 22.9 Å². The molecule has 5 rings (SSSR count). The van der Waals surface area contributed by atoms with Crippen LogP contribution in [-0.2, 0) is 20.9 Å². The van der Waals surface area contributed by atoms with Crippen molar-refractivity contribution in [2.45, 2.75) is 89.5 Å². The number of rotatable bonds is 19. The number of unbranched alkanes of at least 4 members (excludes halogenated alkanes) is 2. The van der Waals surface area contributed by atoms with Gasteiger partial charge in [-0.25, -0.2) is 9.59 Å². The number of aliphatic hydroxyl groups is 2. The Morgan fingerprint density at radius 1 is 1.07 bits per heavy atom. The standard InChI is InChI=1S/C42H57N3O9/c1-5-21-45(41(49)51-7-3)37-27-35(44-50-4)33-25-30(17-11-13-22-46)32(18-12-14-23-47)38-34-26-31(53-40(48)43-28-29-15-9-8-10-16-29)19-20-36(34)54-42(37,39(33)38)52-24-6-2/h6,8-10,15-16,19-20,25-26,30,32,37-39,46-47H,2,5,7,11-14,17-18,21-24,27-28H2,1,3-4H3,(H,43,48)/t30-,32+,37-,38+,39+,42+/m0/s1. The first-order valence-corrected chi connectivity index (χ1v) is 19.4. The Balaban J connectivity index is 1.68. The van der Waals surface area contributed by atoms with Gasteiger partial charge in [0.25, 0.3) is 0 Å². The minimum atomic E-state index is -1.38. The van der Waals surface area contributed by atoms with Gasteiger partial charge in [-0.3, -0.25) is 4.90 Å². The monoisotopic (exact) mass is 747 g/mol. The van der Waals surface area contributed by atoms with Crippen LogP contribution in [0.4, 0.5) is 9.59 Å². The van der Waals surface area contributed by atoms with E-state index in [0.717, 1.165) is 42.4 Å². The smallest absolute Gasteiger partial charge is 0.412 e. The van der Waals surface area contributed by atoms with Gasteiger partial charge in [-0.2, -0.15) is 0 Å². The molecule has 1 aliphatic heterocycles. The summed E-state index contributed by atoms with van der Waals surface area (Å²) < 4.78 is 25.5. The second-order valence-electron chi connectivity index (χ2n) is 14.1. The minimum Gasteiger partial charge on any atom is -0.459 e. The van der Waals surface area contributed by atoms with Crippen LogP contribution in [0.15, 0.2) is 78.0 Å². The second-order valence-corrected chi connectivity index (χ2v) is 14.1. The molecule has 0 unspecified atom stereocenters. The number of carbonyl (C=O) groups is 2. The number of fused-ring (bicyclic) bond motifs is 2. The van der Waals surface area contributed by atoms with E-state index in [-0.39, 0.29) is 50.6 Å². The molecule has 0 radical (unpaired) electrons. The number of oxime groups is 1. The van der Waals surface area contributed by atoms with Crippen molar-refractivity contribution in [3.8, 4) is 11.5 Å². The van der Waals surface area contributed by atoms with E-state index >= 15 is 0 Å².